The number of rotatable bonds is 5. The molecule has 5 heterocycles. The minimum atomic E-state index is 0. The molecule has 0 radical (unpaired) electrons. The van der Waals surface area contributed by atoms with Gasteiger partial charge in [-0.15, -0.1) is 0 Å². The van der Waals surface area contributed by atoms with Crippen molar-refractivity contribution in [2.75, 3.05) is 44.6 Å². The van der Waals surface area contributed by atoms with Crippen LogP contribution < -0.4 is 10.6 Å². The van der Waals surface area contributed by atoms with Gasteiger partial charge in [-0.1, -0.05) is 0 Å². The fraction of sp³-hybridized carbons (Fsp3) is 0.500. The molecule has 33 heavy (non-hydrogen) atoms. The quantitative estimate of drug-likeness (QED) is 0.579. The number of carbonyl (C=O) groups excluding carboxylic acids is 1. The van der Waals surface area contributed by atoms with Gasteiger partial charge in [0, 0.05) is 63.8 Å². The molecule has 3 aromatic heterocycles. The van der Waals surface area contributed by atoms with Crippen molar-refractivity contribution in [2.24, 2.45) is 0 Å². The summed E-state index contributed by atoms with van der Waals surface area (Å²) in [5.74, 6) is 0.836. The summed E-state index contributed by atoms with van der Waals surface area (Å²) in [4.78, 5) is 27.3. The van der Waals surface area contributed by atoms with E-state index in [0.29, 0.717) is 19.0 Å². The zero-order valence-electron chi connectivity index (χ0n) is 18.7. The third kappa shape index (κ3) is 5.26. The lowest BCUT2D eigenvalue weighted by Crippen LogP contribution is -2.42. The lowest BCUT2D eigenvalue weighted by atomic mass is 10.1. The minimum Gasteiger partial charge on any atom is -0.374 e. The fourth-order valence-corrected chi connectivity index (χ4v) is 4.32. The van der Waals surface area contributed by atoms with E-state index in [1.807, 2.05) is 28.0 Å². The Labute approximate surface area is 199 Å². The molecule has 10 nitrogen and oxygen atoms in total. The molecule has 2 aliphatic heterocycles. The topological polar surface area (TPSA) is 110 Å². The van der Waals surface area contributed by atoms with Crippen molar-refractivity contribution in [1.29, 1.82) is 0 Å². The number of carbonyl (C=O) groups is 1. The number of likely N-dealkylation sites (tertiary alicyclic amines) is 1. The summed E-state index contributed by atoms with van der Waals surface area (Å²) in [7, 11) is 0. The molecule has 0 bridgehead atoms. The van der Waals surface area contributed by atoms with Gasteiger partial charge in [0.1, 0.15) is 5.52 Å². The number of hydrogen-bond donors (Lipinski definition) is 2. The predicted octanol–water partition coefficient (Wildman–Crippen LogP) is 1.58. The number of ether oxygens (including phenoxy) is 1. The number of pyridine rings is 1. The maximum Gasteiger partial charge on any atom is 0.219 e. The average molecular weight is 471 g/mol. The van der Waals surface area contributed by atoms with Crippen LogP contribution in [-0.4, -0.2) is 81.0 Å². The smallest absolute Gasteiger partial charge is 0.219 e. The highest BCUT2D eigenvalue weighted by Crippen LogP contribution is 2.28. The molecule has 2 aliphatic rings. The van der Waals surface area contributed by atoms with Gasteiger partial charge in [0.25, 0.3) is 0 Å². The van der Waals surface area contributed by atoms with E-state index in [4.69, 9.17) is 9.72 Å². The Morgan fingerprint density at radius 3 is 2.85 bits per heavy atom. The van der Waals surface area contributed by atoms with Crippen LogP contribution in [0.3, 0.4) is 0 Å². The van der Waals surface area contributed by atoms with Gasteiger partial charge in [-0.05, 0) is 18.9 Å². The Morgan fingerprint density at radius 2 is 2.09 bits per heavy atom. The third-order valence-corrected chi connectivity index (χ3v) is 6.14. The lowest BCUT2D eigenvalue weighted by molar-refractivity contribution is -0.130. The third-order valence-electron chi connectivity index (χ3n) is 6.14. The summed E-state index contributed by atoms with van der Waals surface area (Å²) < 4.78 is 7.80. The van der Waals surface area contributed by atoms with E-state index in [-0.39, 0.29) is 31.5 Å². The molecule has 11 heteroatoms. The first-order chi connectivity index (χ1) is 15.7. The monoisotopic (exact) mass is 470 g/mol. The van der Waals surface area contributed by atoms with E-state index >= 15 is 0 Å². The predicted molar refractivity (Wildman–Crippen MR) is 131 cm³/mol. The largest absolute Gasteiger partial charge is 0.374 e. The Hall–Kier alpha value is -2.76. The second kappa shape index (κ2) is 10.4. The van der Waals surface area contributed by atoms with Crippen LogP contribution in [0.4, 0.5) is 5.82 Å². The van der Waals surface area contributed by atoms with Crippen molar-refractivity contribution >= 4 is 36.3 Å². The Balaban J connectivity index is 0.00000259. The second-order valence-electron chi connectivity index (χ2n) is 8.30. The Kier molecular flexibility index (Phi) is 7.41. The maximum absolute atomic E-state index is 11.6. The van der Waals surface area contributed by atoms with Crippen molar-refractivity contribution in [1.82, 2.24) is 34.9 Å². The standard InChI is InChI=1S/C22H28N8O2.H2S/c1-15(31)29-7-2-17(3-8-29)30-14-16(11-27-30)19-10-20-21(25-5-4-24-20)22(28-19)26-13-18-12-23-6-9-32-18;/h4-5,10-11,14,17-18,23H,2-3,6-9,12-13H2,1H3,(H,26,28);1H2/t18-;/m0./s1. The molecule has 1 atom stereocenters. The van der Waals surface area contributed by atoms with Crippen molar-refractivity contribution < 1.29 is 9.53 Å². The Bertz CT molecular complexity index is 1090. The number of aromatic nitrogens is 5. The lowest BCUT2D eigenvalue weighted by Gasteiger charge is -2.31. The van der Waals surface area contributed by atoms with Crippen LogP contribution in [0.5, 0.6) is 0 Å². The zero-order valence-corrected chi connectivity index (χ0v) is 19.7. The molecule has 3 aromatic rings. The van der Waals surface area contributed by atoms with E-state index in [9.17, 15) is 4.79 Å². The van der Waals surface area contributed by atoms with Crippen molar-refractivity contribution in [3.05, 3.63) is 30.9 Å². The Morgan fingerprint density at radius 1 is 1.27 bits per heavy atom. The van der Waals surface area contributed by atoms with E-state index in [2.05, 4.69) is 25.7 Å². The van der Waals surface area contributed by atoms with Crippen LogP contribution in [0.25, 0.3) is 22.3 Å². The molecule has 0 spiro atoms. The summed E-state index contributed by atoms with van der Waals surface area (Å²) in [6.07, 6.45) is 9.15. The number of fused-ring (bicyclic) bond motifs is 1. The highest BCUT2D eigenvalue weighted by molar-refractivity contribution is 7.59. The zero-order chi connectivity index (χ0) is 21.9. The highest BCUT2D eigenvalue weighted by Gasteiger charge is 2.23. The molecule has 1 amide bonds. The molecular weight excluding hydrogens is 440 g/mol. The number of morpholine rings is 1. The second-order valence-corrected chi connectivity index (χ2v) is 8.30. The van der Waals surface area contributed by atoms with E-state index in [0.717, 1.165) is 61.3 Å². The molecule has 0 saturated carbocycles. The maximum atomic E-state index is 11.6. The van der Waals surface area contributed by atoms with Gasteiger partial charge < -0.3 is 20.3 Å². The summed E-state index contributed by atoms with van der Waals surface area (Å²) in [6.45, 7) is 6.22. The first kappa shape index (κ1) is 23.4. The van der Waals surface area contributed by atoms with Gasteiger partial charge in [0.2, 0.25) is 5.91 Å². The van der Waals surface area contributed by atoms with E-state index < -0.39 is 0 Å². The number of nitrogens with zero attached hydrogens (tertiary/aromatic N) is 6. The minimum absolute atomic E-state index is 0. The molecule has 2 saturated heterocycles. The van der Waals surface area contributed by atoms with Crippen molar-refractivity contribution in [3.8, 4) is 11.3 Å². The number of piperidine rings is 1. The SMILES string of the molecule is CC(=O)N1CCC(n2cc(-c3cc4nccnc4c(NC[C@@H]4CNCCO4)n3)cn2)CC1.S. The molecule has 176 valence electrons. The van der Waals surface area contributed by atoms with E-state index in [1.54, 1.807) is 19.3 Å². The normalized spacial score (nSPS) is 19.3. The van der Waals surface area contributed by atoms with Gasteiger partial charge in [-0.2, -0.15) is 18.6 Å². The van der Waals surface area contributed by atoms with Gasteiger partial charge in [-0.3, -0.25) is 14.5 Å². The molecule has 2 N–H and O–H groups in total. The van der Waals surface area contributed by atoms with Crippen LogP contribution in [-0.2, 0) is 9.53 Å². The van der Waals surface area contributed by atoms with Crippen LogP contribution in [0.2, 0.25) is 0 Å². The van der Waals surface area contributed by atoms with Crippen LogP contribution in [0.15, 0.2) is 30.9 Å². The van der Waals surface area contributed by atoms with Gasteiger partial charge >= 0.3 is 0 Å². The van der Waals surface area contributed by atoms with Crippen molar-refractivity contribution in [3.63, 3.8) is 0 Å². The van der Waals surface area contributed by atoms with Crippen LogP contribution in [0, 0.1) is 0 Å². The molecule has 2 fully saturated rings. The first-order valence-corrected chi connectivity index (χ1v) is 11.2. The molecular formula is C22H30N8O2S. The van der Waals surface area contributed by atoms with Gasteiger partial charge in [0.05, 0.1) is 36.2 Å². The molecule has 0 aromatic carbocycles. The van der Waals surface area contributed by atoms with Crippen LogP contribution in [0.1, 0.15) is 25.8 Å². The summed E-state index contributed by atoms with van der Waals surface area (Å²) in [6, 6.07) is 2.24. The van der Waals surface area contributed by atoms with Gasteiger partial charge in [-0.25, -0.2) is 9.97 Å². The number of nitrogens with one attached hydrogen (secondary N) is 2. The number of anilines is 1. The first-order valence-electron chi connectivity index (χ1n) is 11.2. The molecule has 0 aliphatic carbocycles. The number of amides is 1. The molecule has 0 unspecified atom stereocenters. The molecule has 5 rings (SSSR count). The highest BCUT2D eigenvalue weighted by atomic mass is 32.1. The van der Waals surface area contributed by atoms with Gasteiger partial charge in [0.15, 0.2) is 5.82 Å². The van der Waals surface area contributed by atoms with Crippen molar-refractivity contribution in [2.45, 2.75) is 31.9 Å². The summed E-state index contributed by atoms with van der Waals surface area (Å²) in [5.41, 5.74) is 3.26. The summed E-state index contributed by atoms with van der Waals surface area (Å²) in [5, 5.41) is 11.4. The fourth-order valence-electron chi connectivity index (χ4n) is 4.32. The van der Waals surface area contributed by atoms with E-state index in [1.165, 1.54) is 0 Å². The number of hydrogen-bond acceptors (Lipinski definition) is 8. The summed E-state index contributed by atoms with van der Waals surface area (Å²) >= 11 is 0. The average Bonchev–Trinajstić information content (AvgIpc) is 3.33. The van der Waals surface area contributed by atoms with Crippen LogP contribution >= 0.6 is 13.5 Å².